The minimum Gasteiger partial charge on any atom is -0.484 e. The quantitative estimate of drug-likeness (QED) is 0.709. The van der Waals surface area contributed by atoms with Crippen molar-refractivity contribution in [3.63, 3.8) is 0 Å². The number of nitrogens with one attached hydrogen (secondary N) is 2. The van der Waals surface area contributed by atoms with E-state index in [4.69, 9.17) is 21.1 Å². The number of hydrogen-bond acceptors (Lipinski definition) is 5. The van der Waals surface area contributed by atoms with Crippen LogP contribution in [0.4, 0.5) is 4.39 Å². The van der Waals surface area contributed by atoms with Crippen LogP contribution in [0, 0.1) is 5.82 Å². The third-order valence-corrected chi connectivity index (χ3v) is 5.68. The Morgan fingerprint density at radius 3 is 2.55 bits per heavy atom. The normalized spacial score (nSPS) is 24.1. The third kappa shape index (κ3) is 3.62. The lowest BCUT2D eigenvalue weighted by atomic mass is 9.44. The average Bonchev–Trinajstić information content (AvgIpc) is 3.01. The molecule has 8 nitrogen and oxygen atoms in total. The van der Waals surface area contributed by atoms with Gasteiger partial charge in [0, 0.05) is 30.3 Å². The summed E-state index contributed by atoms with van der Waals surface area (Å²) in [6.45, 7) is -0.225. The first-order chi connectivity index (χ1) is 13.7. The molecule has 0 unspecified atom stereocenters. The molecule has 1 aromatic carbocycles. The van der Waals surface area contributed by atoms with E-state index in [0.29, 0.717) is 30.8 Å². The highest BCUT2D eigenvalue weighted by atomic mass is 35.5. The zero-order valence-electron chi connectivity index (χ0n) is 15.9. The Kier molecular flexibility index (Phi) is 4.65. The number of carbonyl (C=O) groups is 2. The molecule has 2 amide bonds. The van der Waals surface area contributed by atoms with Gasteiger partial charge in [0.25, 0.3) is 11.8 Å². The number of hydrogen-bond donors (Lipinski definition) is 2. The molecule has 10 heteroatoms. The number of nitrogens with zero attached hydrogens (tertiary/aromatic N) is 2. The van der Waals surface area contributed by atoms with Crippen LogP contribution in [0.25, 0.3) is 0 Å². The summed E-state index contributed by atoms with van der Waals surface area (Å²) in [5, 5.41) is 10.0. The van der Waals surface area contributed by atoms with Crippen molar-refractivity contribution in [3.05, 3.63) is 40.8 Å². The molecule has 0 spiro atoms. The van der Waals surface area contributed by atoms with E-state index in [1.54, 1.807) is 13.1 Å². The maximum absolute atomic E-state index is 13.4. The summed E-state index contributed by atoms with van der Waals surface area (Å²) in [5.74, 6) is -0.519. The van der Waals surface area contributed by atoms with Crippen LogP contribution < -0.4 is 20.1 Å². The largest absolute Gasteiger partial charge is 0.484 e. The van der Waals surface area contributed by atoms with Gasteiger partial charge in [0.2, 0.25) is 5.88 Å². The number of methoxy groups -OCH3 is 1. The van der Waals surface area contributed by atoms with Crippen molar-refractivity contribution in [2.75, 3.05) is 13.7 Å². The molecule has 5 rings (SSSR count). The highest BCUT2D eigenvalue weighted by Gasteiger charge is 2.69. The topological polar surface area (TPSA) is 94.5 Å². The van der Waals surface area contributed by atoms with Crippen LogP contribution in [0.5, 0.6) is 11.6 Å². The van der Waals surface area contributed by atoms with Gasteiger partial charge in [-0.25, -0.2) is 4.39 Å². The summed E-state index contributed by atoms with van der Waals surface area (Å²) >= 11 is 5.62. The molecule has 154 valence electrons. The predicted octanol–water partition coefficient (Wildman–Crippen LogP) is 1.82. The number of halogens is 2. The second-order valence-corrected chi connectivity index (χ2v) is 8.06. The van der Waals surface area contributed by atoms with E-state index in [-0.39, 0.29) is 40.3 Å². The summed E-state index contributed by atoms with van der Waals surface area (Å²) in [5.41, 5.74) is -0.209. The molecule has 2 bridgehead atoms. The second kappa shape index (κ2) is 6.91. The Morgan fingerprint density at radius 2 is 1.93 bits per heavy atom. The number of aromatic nitrogens is 2. The van der Waals surface area contributed by atoms with E-state index in [0.717, 1.165) is 6.07 Å². The van der Waals surface area contributed by atoms with E-state index < -0.39 is 5.82 Å². The highest BCUT2D eigenvalue weighted by Crippen LogP contribution is 2.60. The lowest BCUT2D eigenvalue weighted by Crippen LogP contribution is -2.84. The van der Waals surface area contributed by atoms with Crippen molar-refractivity contribution >= 4 is 23.4 Å². The number of aryl methyl sites for hydroxylation is 1. The molecule has 29 heavy (non-hydrogen) atoms. The molecule has 2 aromatic rings. The number of amides is 2. The Labute approximate surface area is 171 Å². The van der Waals surface area contributed by atoms with Crippen molar-refractivity contribution in [2.24, 2.45) is 7.05 Å². The summed E-state index contributed by atoms with van der Waals surface area (Å²) in [6, 6.07) is 5.58. The summed E-state index contributed by atoms with van der Waals surface area (Å²) in [4.78, 5) is 24.7. The molecule has 3 saturated carbocycles. The fourth-order valence-electron chi connectivity index (χ4n) is 4.16. The second-order valence-electron chi connectivity index (χ2n) is 7.65. The van der Waals surface area contributed by atoms with Crippen LogP contribution in [0.15, 0.2) is 24.3 Å². The monoisotopic (exact) mass is 422 g/mol. The molecule has 0 aliphatic heterocycles. The molecule has 0 radical (unpaired) electrons. The Hall–Kier alpha value is -2.81. The van der Waals surface area contributed by atoms with E-state index in [2.05, 4.69) is 15.7 Å². The molecule has 3 fully saturated rings. The van der Waals surface area contributed by atoms with E-state index in [9.17, 15) is 14.0 Å². The van der Waals surface area contributed by atoms with Crippen LogP contribution in [-0.2, 0) is 11.8 Å². The first-order valence-corrected chi connectivity index (χ1v) is 9.40. The van der Waals surface area contributed by atoms with Gasteiger partial charge in [0.05, 0.1) is 12.1 Å². The van der Waals surface area contributed by atoms with Gasteiger partial charge < -0.3 is 20.1 Å². The van der Waals surface area contributed by atoms with Gasteiger partial charge in [-0.2, -0.15) is 0 Å². The molecule has 0 atom stereocenters. The van der Waals surface area contributed by atoms with Crippen LogP contribution in [-0.4, -0.2) is 46.4 Å². The maximum atomic E-state index is 13.4. The summed E-state index contributed by atoms with van der Waals surface area (Å²) in [7, 11) is 3.17. The van der Waals surface area contributed by atoms with Gasteiger partial charge >= 0.3 is 0 Å². The molecule has 3 aliphatic rings. The van der Waals surface area contributed by atoms with Crippen LogP contribution in [0.1, 0.15) is 29.8 Å². The fourth-order valence-corrected chi connectivity index (χ4v) is 4.28. The third-order valence-electron chi connectivity index (χ3n) is 5.37. The molecular weight excluding hydrogens is 403 g/mol. The number of benzene rings is 1. The zero-order chi connectivity index (χ0) is 20.8. The van der Waals surface area contributed by atoms with Crippen molar-refractivity contribution in [2.45, 2.75) is 30.3 Å². The van der Waals surface area contributed by atoms with Crippen LogP contribution >= 0.6 is 11.6 Å². The predicted molar refractivity (Wildman–Crippen MR) is 102 cm³/mol. The smallest absolute Gasteiger partial charge is 0.270 e. The Morgan fingerprint density at radius 1 is 1.24 bits per heavy atom. The number of rotatable bonds is 7. The van der Waals surface area contributed by atoms with Crippen molar-refractivity contribution in [3.8, 4) is 11.6 Å². The van der Waals surface area contributed by atoms with Crippen LogP contribution in [0.2, 0.25) is 5.02 Å². The lowest BCUT2D eigenvalue weighted by Gasteiger charge is -2.70. The summed E-state index contributed by atoms with van der Waals surface area (Å²) < 4.78 is 25.2. The first kappa shape index (κ1) is 19.5. The Balaban J connectivity index is 1.25. The van der Waals surface area contributed by atoms with Gasteiger partial charge in [-0.3, -0.25) is 14.3 Å². The SMILES string of the molecule is COc1cc(C(=O)NC23CC(NC(=O)COc4ccc(Cl)c(F)c4)(C2)C3)n(C)n1. The standard InChI is InChI=1S/C19H20ClFN4O4/c1-25-14(6-16(24-25)28-2)17(27)23-19-8-18(9-19,10-19)22-15(26)7-29-11-3-4-12(20)13(21)5-11/h3-6H,7-10H2,1-2H3,(H,22,26)(H,23,27). The van der Waals surface area contributed by atoms with Gasteiger partial charge in [0.15, 0.2) is 6.61 Å². The minimum absolute atomic E-state index is 0.00687. The first-order valence-electron chi connectivity index (χ1n) is 9.03. The van der Waals surface area contributed by atoms with E-state index in [1.165, 1.54) is 23.9 Å². The highest BCUT2D eigenvalue weighted by molar-refractivity contribution is 6.30. The summed E-state index contributed by atoms with van der Waals surface area (Å²) in [6.07, 6.45) is 1.96. The maximum Gasteiger partial charge on any atom is 0.270 e. The van der Waals surface area contributed by atoms with Crippen molar-refractivity contribution in [1.82, 2.24) is 20.4 Å². The molecule has 1 heterocycles. The van der Waals surface area contributed by atoms with E-state index >= 15 is 0 Å². The minimum atomic E-state index is -0.604. The van der Waals surface area contributed by atoms with Gasteiger partial charge in [-0.05, 0) is 31.4 Å². The van der Waals surface area contributed by atoms with Crippen LogP contribution in [0.3, 0.4) is 0 Å². The lowest BCUT2D eigenvalue weighted by molar-refractivity contribution is -0.141. The van der Waals surface area contributed by atoms with Gasteiger partial charge in [-0.15, -0.1) is 5.10 Å². The van der Waals surface area contributed by atoms with Crippen molar-refractivity contribution in [1.29, 1.82) is 0 Å². The Bertz CT molecular complexity index is 973. The molecular formula is C19H20ClFN4O4. The van der Waals surface area contributed by atoms with E-state index in [1.807, 2.05) is 0 Å². The molecule has 0 saturated heterocycles. The molecule has 2 N–H and O–H groups in total. The van der Waals surface area contributed by atoms with Gasteiger partial charge in [-0.1, -0.05) is 11.6 Å². The van der Waals surface area contributed by atoms with Gasteiger partial charge in [0.1, 0.15) is 17.3 Å². The molecule has 3 aliphatic carbocycles. The number of carbonyl (C=O) groups excluding carboxylic acids is 2. The zero-order valence-corrected chi connectivity index (χ0v) is 16.7. The van der Waals surface area contributed by atoms with Crippen molar-refractivity contribution < 1.29 is 23.5 Å². The fraction of sp³-hybridized carbons (Fsp3) is 0.421. The number of ether oxygens (including phenoxy) is 2. The average molecular weight is 423 g/mol. The molecule has 1 aromatic heterocycles.